The SMILES string of the molecule is Cc1ccc(-n2ncc(C(=O)Cc3cnc(C4=CCC(N(C)C(=O)C(C)C)CC4)c(C)c3)c2C)cc1. The lowest BCUT2D eigenvalue weighted by Gasteiger charge is -2.32. The van der Waals surface area contributed by atoms with Gasteiger partial charge < -0.3 is 4.90 Å². The number of Topliss-reactive ketones (excluding diaryl/α,β-unsaturated/α-hetero) is 1. The van der Waals surface area contributed by atoms with Crippen molar-refractivity contribution in [3.05, 3.63) is 82.4 Å². The Bertz CT molecular complexity index is 1300. The molecular formula is C30H36N4O2. The summed E-state index contributed by atoms with van der Waals surface area (Å²) in [4.78, 5) is 32.1. The second kappa shape index (κ2) is 10.6. The zero-order valence-electron chi connectivity index (χ0n) is 22.2. The van der Waals surface area contributed by atoms with Gasteiger partial charge in [0.25, 0.3) is 0 Å². The molecule has 1 aliphatic carbocycles. The molecule has 0 spiro atoms. The molecule has 2 heterocycles. The number of ketones is 1. The number of amides is 1. The Morgan fingerprint density at radius 3 is 2.44 bits per heavy atom. The van der Waals surface area contributed by atoms with Crippen LogP contribution >= 0.6 is 0 Å². The van der Waals surface area contributed by atoms with E-state index in [0.29, 0.717) is 5.56 Å². The molecule has 1 unspecified atom stereocenters. The topological polar surface area (TPSA) is 68.1 Å². The number of aryl methyl sites for hydroxylation is 2. The van der Waals surface area contributed by atoms with Crippen LogP contribution < -0.4 is 0 Å². The van der Waals surface area contributed by atoms with Crippen LogP contribution in [0.2, 0.25) is 0 Å². The molecule has 6 nitrogen and oxygen atoms in total. The molecule has 0 radical (unpaired) electrons. The lowest BCUT2D eigenvalue weighted by molar-refractivity contribution is -0.135. The van der Waals surface area contributed by atoms with Gasteiger partial charge in [0.05, 0.1) is 28.8 Å². The lowest BCUT2D eigenvalue weighted by Crippen LogP contribution is -2.40. The molecule has 36 heavy (non-hydrogen) atoms. The Kier molecular flexibility index (Phi) is 7.53. The van der Waals surface area contributed by atoms with Crippen LogP contribution in [0.15, 0.2) is 48.8 Å². The van der Waals surface area contributed by atoms with Crippen molar-refractivity contribution in [1.82, 2.24) is 19.7 Å². The summed E-state index contributed by atoms with van der Waals surface area (Å²) in [5.41, 5.74) is 7.80. The van der Waals surface area contributed by atoms with Crippen LogP contribution in [0.4, 0.5) is 0 Å². The van der Waals surface area contributed by atoms with E-state index < -0.39 is 0 Å². The van der Waals surface area contributed by atoms with Crippen LogP contribution in [-0.4, -0.2) is 44.4 Å². The van der Waals surface area contributed by atoms with Gasteiger partial charge >= 0.3 is 0 Å². The summed E-state index contributed by atoms with van der Waals surface area (Å²) in [6.07, 6.45) is 8.67. The summed E-state index contributed by atoms with van der Waals surface area (Å²) in [5, 5.41) is 4.46. The third-order valence-corrected chi connectivity index (χ3v) is 7.16. The van der Waals surface area contributed by atoms with Crippen LogP contribution in [0.5, 0.6) is 0 Å². The second-order valence-electron chi connectivity index (χ2n) is 10.3. The Labute approximate surface area is 214 Å². The predicted molar refractivity (Wildman–Crippen MR) is 143 cm³/mol. The highest BCUT2D eigenvalue weighted by Gasteiger charge is 2.25. The van der Waals surface area contributed by atoms with Crippen molar-refractivity contribution in [2.45, 2.75) is 66.3 Å². The minimum absolute atomic E-state index is 0.0141. The highest BCUT2D eigenvalue weighted by Crippen LogP contribution is 2.30. The molecule has 0 saturated heterocycles. The molecule has 0 bridgehead atoms. The molecule has 1 aromatic carbocycles. The number of nitrogens with zero attached hydrogens (tertiary/aromatic N) is 4. The first kappa shape index (κ1) is 25.5. The fourth-order valence-electron chi connectivity index (χ4n) is 4.95. The van der Waals surface area contributed by atoms with Gasteiger partial charge in [-0.25, -0.2) is 4.68 Å². The molecule has 0 N–H and O–H groups in total. The molecule has 188 valence electrons. The van der Waals surface area contributed by atoms with Gasteiger partial charge in [-0.1, -0.05) is 43.7 Å². The smallest absolute Gasteiger partial charge is 0.225 e. The number of aromatic nitrogens is 3. The first-order valence-electron chi connectivity index (χ1n) is 12.7. The van der Waals surface area contributed by atoms with Crippen molar-refractivity contribution in [2.75, 3.05) is 7.05 Å². The highest BCUT2D eigenvalue weighted by molar-refractivity contribution is 5.98. The molecule has 0 saturated carbocycles. The Morgan fingerprint density at radius 2 is 1.83 bits per heavy atom. The number of benzene rings is 1. The summed E-state index contributed by atoms with van der Waals surface area (Å²) in [6, 6.07) is 10.4. The number of carbonyl (C=O) groups excluding carboxylic acids is 2. The van der Waals surface area contributed by atoms with Gasteiger partial charge in [-0.2, -0.15) is 5.10 Å². The highest BCUT2D eigenvalue weighted by atomic mass is 16.2. The van der Waals surface area contributed by atoms with Crippen molar-refractivity contribution in [1.29, 1.82) is 0 Å². The van der Waals surface area contributed by atoms with E-state index in [0.717, 1.165) is 47.5 Å². The molecule has 0 fully saturated rings. The number of carbonyl (C=O) groups is 2. The minimum atomic E-state index is 0.0141. The Hall–Kier alpha value is -3.54. The third-order valence-electron chi connectivity index (χ3n) is 7.16. The molecule has 4 rings (SSSR count). The van der Waals surface area contributed by atoms with E-state index in [1.165, 1.54) is 11.1 Å². The average molecular weight is 485 g/mol. The Balaban J connectivity index is 1.44. The molecule has 0 aliphatic heterocycles. The summed E-state index contributed by atoms with van der Waals surface area (Å²) in [7, 11) is 1.91. The first-order valence-corrected chi connectivity index (χ1v) is 12.7. The summed E-state index contributed by atoms with van der Waals surface area (Å²) < 4.78 is 1.81. The number of hydrogen-bond donors (Lipinski definition) is 0. The van der Waals surface area contributed by atoms with Crippen molar-refractivity contribution < 1.29 is 9.59 Å². The number of rotatable bonds is 7. The fourth-order valence-corrected chi connectivity index (χ4v) is 4.95. The normalized spacial score (nSPS) is 15.6. The van der Waals surface area contributed by atoms with Gasteiger partial charge in [-0.05, 0) is 68.9 Å². The largest absolute Gasteiger partial charge is 0.342 e. The molecule has 2 aromatic heterocycles. The lowest BCUT2D eigenvalue weighted by atomic mass is 9.90. The maximum absolute atomic E-state index is 13.1. The van der Waals surface area contributed by atoms with Crippen molar-refractivity contribution in [2.24, 2.45) is 5.92 Å². The zero-order chi connectivity index (χ0) is 26.0. The zero-order valence-corrected chi connectivity index (χ0v) is 22.2. The van der Waals surface area contributed by atoms with Gasteiger partial charge in [0.2, 0.25) is 5.91 Å². The van der Waals surface area contributed by atoms with Crippen LogP contribution in [0, 0.1) is 26.7 Å². The number of hydrogen-bond acceptors (Lipinski definition) is 4. The maximum atomic E-state index is 13.1. The van der Waals surface area contributed by atoms with E-state index in [4.69, 9.17) is 4.98 Å². The number of pyridine rings is 1. The summed E-state index contributed by atoms with van der Waals surface area (Å²) in [6.45, 7) is 9.92. The standard InChI is InChI=1S/C30H36N4O2/c1-19(2)30(36)33(6)25-13-9-24(10-14-25)29-21(4)15-23(17-31-29)16-28(35)27-18-32-34(22(27)5)26-11-7-20(3)8-12-26/h7-9,11-12,15,17-19,25H,10,13-14,16H2,1-6H3. The molecule has 3 aromatic rings. The quantitative estimate of drug-likeness (QED) is 0.405. The van der Waals surface area contributed by atoms with Gasteiger partial charge in [0, 0.05) is 31.6 Å². The predicted octanol–water partition coefficient (Wildman–Crippen LogP) is 5.67. The molecular weight excluding hydrogens is 448 g/mol. The van der Waals surface area contributed by atoms with Crippen molar-refractivity contribution >= 4 is 17.3 Å². The minimum Gasteiger partial charge on any atom is -0.342 e. The van der Waals surface area contributed by atoms with Crippen molar-refractivity contribution in [3.8, 4) is 5.69 Å². The van der Waals surface area contributed by atoms with Crippen LogP contribution in [0.25, 0.3) is 11.3 Å². The molecule has 6 heteroatoms. The fraction of sp³-hybridized carbons (Fsp3) is 0.400. The van der Waals surface area contributed by atoms with Crippen LogP contribution in [-0.2, 0) is 11.2 Å². The van der Waals surface area contributed by atoms with Crippen LogP contribution in [0.3, 0.4) is 0 Å². The van der Waals surface area contributed by atoms with Gasteiger partial charge in [0.1, 0.15) is 0 Å². The van der Waals surface area contributed by atoms with Gasteiger partial charge in [0.15, 0.2) is 5.78 Å². The maximum Gasteiger partial charge on any atom is 0.225 e. The second-order valence-corrected chi connectivity index (χ2v) is 10.3. The van der Waals surface area contributed by atoms with Crippen LogP contribution in [0.1, 0.15) is 71.5 Å². The Morgan fingerprint density at radius 1 is 1.11 bits per heavy atom. The van der Waals surface area contributed by atoms with E-state index in [1.54, 1.807) is 6.20 Å². The van der Waals surface area contributed by atoms with E-state index >= 15 is 0 Å². The van der Waals surface area contributed by atoms with Gasteiger partial charge in [-0.15, -0.1) is 0 Å². The summed E-state index contributed by atoms with van der Waals surface area (Å²) in [5.74, 6) is 0.248. The monoisotopic (exact) mass is 484 g/mol. The van der Waals surface area contributed by atoms with E-state index in [1.807, 2.05) is 74.8 Å². The van der Waals surface area contributed by atoms with E-state index in [2.05, 4.69) is 24.2 Å². The molecule has 1 amide bonds. The van der Waals surface area contributed by atoms with E-state index in [9.17, 15) is 9.59 Å². The van der Waals surface area contributed by atoms with Crippen molar-refractivity contribution in [3.63, 3.8) is 0 Å². The summed E-state index contributed by atoms with van der Waals surface area (Å²) >= 11 is 0. The number of allylic oxidation sites excluding steroid dienone is 1. The molecule has 1 aliphatic rings. The average Bonchev–Trinajstić information content (AvgIpc) is 3.25. The first-order chi connectivity index (χ1) is 17.2. The molecule has 1 atom stereocenters. The van der Waals surface area contributed by atoms with E-state index in [-0.39, 0.29) is 30.1 Å². The third kappa shape index (κ3) is 5.32. The van der Waals surface area contributed by atoms with Gasteiger partial charge in [-0.3, -0.25) is 14.6 Å².